The molecule has 2 rings (SSSR count). The second kappa shape index (κ2) is 5.87. The van der Waals surface area contributed by atoms with Crippen LogP contribution in [0.3, 0.4) is 0 Å². The third-order valence-corrected chi connectivity index (χ3v) is 6.99. The topological polar surface area (TPSA) is 63.4 Å². The number of hydrogen-bond acceptors (Lipinski definition) is 3. The van der Waals surface area contributed by atoms with Gasteiger partial charge in [0.1, 0.15) is 4.90 Å². The van der Waals surface area contributed by atoms with Gasteiger partial charge in [-0.2, -0.15) is 4.31 Å². The van der Waals surface area contributed by atoms with Crippen molar-refractivity contribution >= 4 is 49.2 Å². The summed E-state index contributed by atoms with van der Waals surface area (Å²) in [6, 6.07) is 3.04. The van der Waals surface area contributed by atoms with Crippen LogP contribution in [0.5, 0.6) is 0 Å². The van der Waals surface area contributed by atoms with Gasteiger partial charge in [0, 0.05) is 17.6 Å². The summed E-state index contributed by atoms with van der Waals surface area (Å²) in [4.78, 5) is 0.0417. The largest absolute Gasteiger partial charge is 0.330 e. The van der Waals surface area contributed by atoms with Crippen LogP contribution in [0.2, 0.25) is 10.0 Å². The molecule has 0 saturated carbocycles. The highest BCUT2D eigenvalue weighted by atomic mass is 79.9. The van der Waals surface area contributed by atoms with Gasteiger partial charge in [-0.3, -0.25) is 0 Å². The lowest BCUT2D eigenvalue weighted by Crippen LogP contribution is -2.30. The van der Waals surface area contributed by atoms with Gasteiger partial charge in [0.15, 0.2) is 0 Å². The molecule has 1 fully saturated rings. The van der Waals surface area contributed by atoms with E-state index >= 15 is 0 Å². The van der Waals surface area contributed by atoms with E-state index in [-0.39, 0.29) is 20.9 Å². The second-order valence-corrected chi connectivity index (χ2v) is 7.94. The summed E-state index contributed by atoms with van der Waals surface area (Å²) in [5, 5.41) is 0.254. The summed E-state index contributed by atoms with van der Waals surface area (Å²) in [6.07, 6.45) is 0.775. The van der Waals surface area contributed by atoms with Crippen LogP contribution in [-0.2, 0) is 10.0 Å². The maximum absolute atomic E-state index is 12.5. The first-order valence-corrected chi connectivity index (χ1v) is 8.70. The Labute approximate surface area is 131 Å². The third-order valence-electron chi connectivity index (χ3n) is 3.20. The van der Waals surface area contributed by atoms with Crippen molar-refractivity contribution in [3.63, 3.8) is 0 Å². The van der Waals surface area contributed by atoms with Gasteiger partial charge in [-0.1, -0.05) is 23.2 Å². The minimum absolute atomic E-state index is 0.0417. The van der Waals surface area contributed by atoms with Gasteiger partial charge in [0.05, 0.1) is 10.0 Å². The first kappa shape index (κ1) is 15.5. The van der Waals surface area contributed by atoms with Gasteiger partial charge in [-0.15, -0.1) is 0 Å². The molecule has 1 unspecified atom stereocenters. The summed E-state index contributed by atoms with van der Waals surface area (Å²) >= 11 is 15.2. The fourth-order valence-corrected chi connectivity index (χ4v) is 4.78. The molecular weight excluding hydrogens is 375 g/mol. The fraction of sp³-hybridized carbons (Fsp3) is 0.455. The standard InChI is InChI=1S/C11H13BrCl2N2O2S/c12-8-1-2-9(11(14)10(8)13)19(17,18)16-4-3-7(5-15)6-16/h1-2,7H,3-6,15H2. The Hall–Kier alpha value is 0.150. The van der Waals surface area contributed by atoms with Gasteiger partial charge >= 0.3 is 0 Å². The van der Waals surface area contributed by atoms with Gasteiger partial charge in [-0.25, -0.2) is 8.42 Å². The van der Waals surface area contributed by atoms with E-state index in [0.29, 0.717) is 24.1 Å². The smallest absolute Gasteiger partial charge is 0.244 e. The van der Waals surface area contributed by atoms with Crippen molar-refractivity contribution in [2.24, 2.45) is 11.7 Å². The van der Waals surface area contributed by atoms with E-state index in [9.17, 15) is 8.42 Å². The van der Waals surface area contributed by atoms with Crippen molar-refractivity contribution in [2.75, 3.05) is 19.6 Å². The molecule has 1 aliphatic heterocycles. The van der Waals surface area contributed by atoms with Crippen molar-refractivity contribution in [1.82, 2.24) is 4.31 Å². The van der Waals surface area contributed by atoms with Crippen LogP contribution >= 0.6 is 39.1 Å². The zero-order chi connectivity index (χ0) is 14.2. The molecule has 1 aromatic carbocycles. The van der Waals surface area contributed by atoms with Crippen molar-refractivity contribution in [3.05, 3.63) is 26.7 Å². The monoisotopic (exact) mass is 386 g/mol. The van der Waals surface area contributed by atoms with Crippen LogP contribution in [0.15, 0.2) is 21.5 Å². The van der Waals surface area contributed by atoms with Gasteiger partial charge in [0.2, 0.25) is 10.0 Å². The minimum atomic E-state index is -3.61. The van der Waals surface area contributed by atoms with Crippen LogP contribution in [0.1, 0.15) is 6.42 Å². The molecule has 106 valence electrons. The number of benzene rings is 1. The maximum Gasteiger partial charge on any atom is 0.244 e. The first-order chi connectivity index (χ1) is 8.87. The molecule has 2 N–H and O–H groups in total. The third kappa shape index (κ3) is 2.94. The van der Waals surface area contributed by atoms with E-state index in [4.69, 9.17) is 28.9 Å². The Morgan fingerprint density at radius 2 is 2.05 bits per heavy atom. The minimum Gasteiger partial charge on any atom is -0.330 e. The molecule has 0 radical (unpaired) electrons. The highest BCUT2D eigenvalue weighted by Gasteiger charge is 2.33. The molecular formula is C11H13BrCl2N2O2S. The predicted octanol–water partition coefficient (Wildman–Crippen LogP) is 2.73. The normalized spacial score (nSPS) is 20.9. The lowest BCUT2D eigenvalue weighted by molar-refractivity contribution is 0.459. The van der Waals surface area contributed by atoms with Gasteiger partial charge < -0.3 is 5.73 Å². The molecule has 0 bridgehead atoms. The van der Waals surface area contributed by atoms with E-state index in [1.165, 1.54) is 10.4 Å². The van der Waals surface area contributed by atoms with E-state index in [0.717, 1.165) is 6.42 Å². The van der Waals surface area contributed by atoms with Crippen LogP contribution in [-0.4, -0.2) is 32.4 Å². The quantitative estimate of drug-likeness (QED) is 0.811. The molecule has 1 aliphatic rings. The molecule has 0 amide bonds. The van der Waals surface area contributed by atoms with E-state index in [2.05, 4.69) is 15.9 Å². The fourth-order valence-electron chi connectivity index (χ4n) is 2.05. The van der Waals surface area contributed by atoms with Gasteiger partial charge in [-0.05, 0) is 46.9 Å². The van der Waals surface area contributed by atoms with Crippen molar-refractivity contribution in [1.29, 1.82) is 0 Å². The average molecular weight is 388 g/mol. The molecule has 8 heteroatoms. The SMILES string of the molecule is NCC1CCN(S(=O)(=O)c2ccc(Br)c(Cl)c2Cl)C1. The summed E-state index contributed by atoms with van der Waals surface area (Å²) in [7, 11) is -3.61. The lowest BCUT2D eigenvalue weighted by Gasteiger charge is -2.18. The van der Waals surface area contributed by atoms with Crippen LogP contribution in [0, 0.1) is 5.92 Å². The molecule has 1 aromatic rings. The Balaban J connectivity index is 2.38. The number of halogens is 3. The number of rotatable bonds is 3. The molecule has 1 saturated heterocycles. The van der Waals surface area contributed by atoms with Crippen molar-refractivity contribution < 1.29 is 8.42 Å². The number of nitrogens with zero attached hydrogens (tertiary/aromatic N) is 1. The summed E-state index contributed by atoms with van der Waals surface area (Å²) in [5.41, 5.74) is 5.58. The second-order valence-electron chi connectivity index (χ2n) is 4.43. The number of hydrogen-bond donors (Lipinski definition) is 1. The zero-order valence-electron chi connectivity index (χ0n) is 9.94. The van der Waals surface area contributed by atoms with E-state index in [1.54, 1.807) is 6.07 Å². The average Bonchev–Trinajstić information content (AvgIpc) is 2.85. The highest BCUT2D eigenvalue weighted by Crippen LogP contribution is 2.37. The molecule has 1 atom stereocenters. The predicted molar refractivity (Wildman–Crippen MR) is 80.1 cm³/mol. The Bertz CT molecular complexity index is 595. The zero-order valence-corrected chi connectivity index (χ0v) is 13.9. The van der Waals surface area contributed by atoms with Crippen molar-refractivity contribution in [3.8, 4) is 0 Å². The Morgan fingerprint density at radius 1 is 1.37 bits per heavy atom. The molecule has 0 aliphatic carbocycles. The van der Waals surface area contributed by atoms with Crippen LogP contribution in [0.25, 0.3) is 0 Å². The van der Waals surface area contributed by atoms with Crippen LogP contribution < -0.4 is 5.73 Å². The Morgan fingerprint density at radius 3 is 2.63 bits per heavy atom. The highest BCUT2D eigenvalue weighted by molar-refractivity contribution is 9.10. The first-order valence-electron chi connectivity index (χ1n) is 5.71. The summed E-state index contributed by atoms with van der Waals surface area (Å²) < 4.78 is 27.0. The number of nitrogens with two attached hydrogens (primary N) is 1. The lowest BCUT2D eigenvalue weighted by atomic mass is 10.1. The molecule has 0 spiro atoms. The maximum atomic E-state index is 12.5. The van der Waals surface area contributed by atoms with E-state index < -0.39 is 10.0 Å². The molecule has 0 aromatic heterocycles. The van der Waals surface area contributed by atoms with Crippen LogP contribution in [0.4, 0.5) is 0 Å². The number of sulfonamides is 1. The molecule has 4 nitrogen and oxygen atoms in total. The molecule has 19 heavy (non-hydrogen) atoms. The summed E-state index contributed by atoms with van der Waals surface area (Å²) in [5.74, 6) is 0.208. The van der Waals surface area contributed by atoms with Crippen molar-refractivity contribution in [2.45, 2.75) is 11.3 Å². The molecule has 1 heterocycles. The van der Waals surface area contributed by atoms with E-state index in [1.807, 2.05) is 0 Å². The van der Waals surface area contributed by atoms with Gasteiger partial charge in [0.25, 0.3) is 0 Å². The summed E-state index contributed by atoms with van der Waals surface area (Å²) in [6.45, 7) is 1.39. The Kier molecular flexibility index (Phi) is 4.80.